The highest BCUT2D eigenvalue weighted by Gasteiger charge is 2.49. The zero-order valence-electron chi connectivity index (χ0n) is 44.0. The number of carbonyl (C=O) groups excluding carboxylic acids is 8. The van der Waals surface area contributed by atoms with Crippen LogP contribution in [0.4, 0.5) is 0 Å². The number of amides is 8. The lowest BCUT2D eigenvalue weighted by Gasteiger charge is -2.34. The predicted octanol–water partition coefficient (Wildman–Crippen LogP) is -8.21. The summed E-state index contributed by atoms with van der Waals surface area (Å²) in [5.74, 6) is -9.53. The third kappa shape index (κ3) is 17.9. The molecule has 0 spiro atoms. The van der Waals surface area contributed by atoms with E-state index < -0.39 is 165 Å². The zero-order valence-corrected chi connectivity index (χ0v) is 44.8. The first-order valence-corrected chi connectivity index (χ1v) is 26.2. The molecule has 0 aromatic heterocycles. The molecule has 2 aromatic carbocycles. The van der Waals surface area contributed by atoms with E-state index in [1.165, 1.54) is 24.3 Å². The highest BCUT2D eigenvalue weighted by molar-refractivity contribution is 6.00. The fourth-order valence-electron chi connectivity index (χ4n) is 9.44. The molecule has 79 heavy (non-hydrogen) atoms. The average Bonchev–Trinajstić information content (AvgIpc) is 4.00. The topological polar surface area (TPSA) is 437 Å². The van der Waals surface area contributed by atoms with Crippen LogP contribution >= 0.6 is 0 Å². The van der Waals surface area contributed by atoms with Crippen molar-refractivity contribution < 1.29 is 107 Å². The fourth-order valence-corrected chi connectivity index (χ4v) is 9.44. The summed E-state index contributed by atoms with van der Waals surface area (Å²) in [5.41, 5.74) is 8.97. The standard InChI is InChI=1S/C51H75N9O18.ClH/c1-3-4-5-6-7-8-20-77-31-15-11-28(12-16-31)44(70)54-32-23-36(66)49(78-21-18-52)58-48(74)41-34(64)17-19-59(41)51(76)39(35(65)24-37(53)67)56-47(73)40(43(69)42(68)27-9-13-29(62)14-10-27)57-46(72)33-22-30(63)25-60(33)50(75)38(26(2)61)55-45(32)71;/h9-16,26,30,32-36,38-43,49,61-66,68-69H,3-8,17-25,52H2,1-2H3,(H2,53,67)(H,54,70)(H,55,71)(H,56,73)(H,57,72)(H,58,74);1H/t26-,30?,32-,33?,34+,35+,36-,38?,39?,40?,41?,42+,43+,49-;/m1./s1. The number of carbonyl (C=O) groups is 8. The van der Waals surface area contributed by atoms with Crippen molar-refractivity contribution in [3.63, 3.8) is 0 Å². The smallest absolute Gasteiger partial charge is 0.251 e. The number of hydrogen-bond donors (Lipinski definition) is 15. The molecule has 3 fully saturated rings. The number of phenols is 1. The number of nitrogens with zero attached hydrogens (tertiary/aromatic N) is 2. The van der Waals surface area contributed by atoms with Crippen molar-refractivity contribution in [2.45, 2.75) is 163 Å². The van der Waals surface area contributed by atoms with Crippen molar-refractivity contribution in [2.24, 2.45) is 5.73 Å². The van der Waals surface area contributed by atoms with Crippen molar-refractivity contribution in [1.29, 1.82) is 0 Å². The van der Waals surface area contributed by atoms with Gasteiger partial charge >= 0.3 is 0 Å². The summed E-state index contributed by atoms with van der Waals surface area (Å²) in [6, 6.07) is -1.53. The molecule has 440 valence electrons. The maximum Gasteiger partial charge on any atom is 0.251 e. The summed E-state index contributed by atoms with van der Waals surface area (Å²) in [6.45, 7) is 2.44. The molecule has 3 heterocycles. The number of fused-ring (bicyclic) bond motifs is 2. The van der Waals surface area contributed by atoms with Gasteiger partial charge in [0.25, 0.3) is 5.91 Å². The molecule has 0 radical (unpaired) electrons. The summed E-state index contributed by atoms with van der Waals surface area (Å²) in [7, 11) is 0. The molecule has 18 N–H and O–H groups in total. The summed E-state index contributed by atoms with van der Waals surface area (Å²) < 4.78 is 11.6. The van der Waals surface area contributed by atoms with E-state index in [-0.39, 0.29) is 48.9 Å². The fraction of sp³-hybridized carbons (Fsp3) is 0.608. The lowest BCUT2D eigenvalue weighted by Crippen LogP contribution is -3.00. The Hall–Kier alpha value is -6.27. The van der Waals surface area contributed by atoms with Gasteiger partial charge in [-0.25, -0.2) is 0 Å². The Morgan fingerprint density at radius 3 is 2.01 bits per heavy atom. The summed E-state index contributed by atoms with van der Waals surface area (Å²) >= 11 is 0. The van der Waals surface area contributed by atoms with E-state index in [1.54, 1.807) is 0 Å². The Morgan fingerprint density at radius 1 is 0.759 bits per heavy atom. The van der Waals surface area contributed by atoms with Crippen LogP contribution < -0.4 is 55.2 Å². The van der Waals surface area contributed by atoms with Crippen LogP contribution in [0.3, 0.4) is 0 Å². The number of aliphatic hydroxyl groups is 7. The Labute approximate surface area is 462 Å². The van der Waals surface area contributed by atoms with Gasteiger partial charge in [-0.2, -0.15) is 0 Å². The predicted molar refractivity (Wildman–Crippen MR) is 271 cm³/mol. The molecule has 3 aliphatic heterocycles. The molecule has 0 bridgehead atoms. The van der Waals surface area contributed by atoms with Crippen molar-refractivity contribution in [1.82, 2.24) is 36.4 Å². The Balaban J connectivity index is 0.0000134. The number of hydrogen-bond acceptors (Lipinski definition) is 18. The molecule has 5 rings (SSSR count). The number of aliphatic hydroxyl groups excluding tert-OH is 7. The SMILES string of the molecule is CCCCCCCCOc1ccc(C(=O)N[C@@H]2C[C@@H](O)[C@@H](OCC[NH3+])NC(=O)C3[C@@H](O)CCN3C(=O)C([C@@H](O)CC(N)=O)NC(=O)C([C@H](O)[C@@H](O)c3ccc(O)cc3)NC(=O)C3CC(O)CN3C(=O)C([C@@H](C)O)NC2=O)cc1.[Cl-]. The number of nitrogens with one attached hydrogen (secondary N) is 5. The highest BCUT2D eigenvalue weighted by Crippen LogP contribution is 2.26. The molecular weight excluding hydrogens is 1060 g/mol. The first kappa shape index (κ1) is 65.2. The van der Waals surface area contributed by atoms with Crippen LogP contribution in [0.25, 0.3) is 0 Å². The van der Waals surface area contributed by atoms with Gasteiger partial charge in [0.2, 0.25) is 41.4 Å². The summed E-state index contributed by atoms with van der Waals surface area (Å²) in [5, 5.41) is 101. The second kappa shape index (κ2) is 30.9. The number of ether oxygens (including phenoxy) is 2. The van der Waals surface area contributed by atoms with Crippen LogP contribution in [0.5, 0.6) is 11.5 Å². The molecule has 8 amide bonds. The molecule has 3 aliphatic rings. The van der Waals surface area contributed by atoms with Crippen LogP contribution in [0, 0.1) is 0 Å². The number of benzene rings is 2. The Kier molecular flexibility index (Phi) is 25.5. The lowest BCUT2D eigenvalue weighted by molar-refractivity contribution is -0.376. The number of primary amides is 1. The van der Waals surface area contributed by atoms with E-state index in [2.05, 4.69) is 39.2 Å². The van der Waals surface area contributed by atoms with E-state index in [1.807, 2.05) is 0 Å². The Morgan fingerprint density at radius 2 is 1.38 bits per heavy atom. The van der Waals surface area contributed by atoms with Crippen molar-refractivity contribution in [2.75, 3.05) is 32.8 Å². The van der Waals surface area contributed by atoms with Gasteiger partial charge in [0, 0.05) is 31.5 Å². The van der Waals surface area contributed by atoms with Gasteiger partial charge in [-0.05, 0) is 61.7 Å². The number of quaternary nitrogens is 1. The molecule has 28 heteroatoms. The minimum atomic E-state index is -2.37. The second-order valence-corrected chi connectivity index (χ2v) is 19.8. The molecule has 0 saturated carbocycles. The first-order valence-electron chi connectivity index (χ1n) is 26.2. The number of unbranched alkanes of at least 4 members (excludes halogenated alkanes) is 5. The minimum absolute atomic E-state index is 0. The van der Waals surface area contributed by atoms with E-state index in [4.69, 9.17) is 15.2 Å². The third-order valence-electron chi connectivity index (χ3n) is 13.7. The van der Waals surface area contributed by atoms with Crippen molar-refractivity contribution >= 4 is 47.3 Å². The normalized spacial score (nSPS) is 27.1. The van der Waals surface area contributed by atoms with Gasteiger partial charge in [-0.1, -0.05) is 51.2 Å². The maximum absolute atomic E-state index is 14.6. The number of rotatable bonds is 20. The van der Waals surface area contributed by atoms with Gasteiger partial charge < -0.3 is 111 Å². The number of nitrogens with two attached hydrogens (primary N) is 1. The summed E-state index contributed by atoms with van der Waals surface area (Å²) in [6.07, 6.45) is -11.6. The largest absolute Gasteiger partial charge is 1.00 e. The molecule has 2 aromatic rings. The average molecular weight is 1140 g/mol. The van der Waals surface area contributed by atoms with Gasteiger partial charge in [0.05, 0.1) is 50.6 Å². The molecule has 3 saturated heterocycles. The van der Waals surface area contributed by atoms with Gasteiger partial charge in [0.1, 0.15) is 66.1 Å². The van der Waals surface area contributed by atoms with Gasteiger partial charge in [-0.15, -0.1) is 0 Å². The quantitative estimate of drug-likeness (QED) is 0.0548. The molecular formula is C51H76ClN9O18. The molecule has 14 atom stereocenters. The van der Waals surface area contributed by atoms with E-state index in [9.17, 15) is 79.2 Å². The van der Waals surface area contributed by atoms with Crippen LogP contribution in [-0.2, 0) is 38.3 Å². The van der Waals surface area contributed by atoms with Crippen molar-refractivity contribution in [3.05, 3.63) is 59.7 Å². The van der Waals surface area contributed by atoms with Crippen LogP contribution in [0.15, 0.2) is 48.5 Å². The van der Waals surface area contributed by atoms with E-state index in [0.29, 0.717) is 12.4 Å². The monoisotopic (exact) mass is 1140 g/mol. The molecule has 6 unspecified atom stereocenters. The van der Waals surface area contributed by atoms with Gasteiger partial charge in [-0.3, -0.25) is 38.4 Å². The lowest BCUT2D eigenvalue weighted by atomic mass is 9.96. The molecule has 0 aliphatic carbocycles. The number of aromatic hydroxyl groups is 1. The van der Waals surface area contributed by atoms with Gasteiger partial charge in [0.15, 0.2) is 6.23 Å². The Bertz CT molecular complexity index is 2370. The maximum atomic E-state index is 14.6. The third-order valence-corrected chi connectivity index (χ3v) is 13.7. The first-order chi connectivity index (χ1) is 37.1. The second-order valence-electron chi connectivity index (χ2n) is 19.8. The van der Waals surface area contributed by atoms with Crippen LogP contribution in [-0.4, -0.2) is 210 Å². The van der Waals surface area contributed by atoms with Crippen LogP contribution in [0.1, 0.15) is 100 Å². The number of halogens is 1. The summed E-state index contributed by atoms with van der Waals surface area (Å²) in [4.78, 5) is 114. The van der Waals surface area contributed by atoms with E-state index >= 15 is 0 Å². The van der Waals surface area contributed by atoms with Crippen LogP contribution in [0.2, 0.25) is 0 Å². The van der Waals surface area contributed by atoms with E-state index in [0.717, 1.165) is 79.5 Å². The van der Waals surface area contributed by atoms with Crippen molar-refractivity contribution in [3.8, 4) is 11.5 Å². The molecule has 27 nitrogen and oxygen atoms in total. The highest BCUT2D eigenvalue weighted by atomic mass is 35.5. The zero-order chi connectivity index (χ0) is 57.4. The number of phenolic OH excluding ortho intramolecular Hbond substituents is 1. The minimum Gasteiger partial charge on any atom is -1.00 e.